The van der Waals surface area contributed by atoms with Gasteiger partial charge < -0.3 is 4.57 Å². The lowest BCUT2D eigenvalue weighted by molar-refractivity contribution is -0.384. The highest BCUT2D eigenvalue weighted by molar-refractivity contribution is 5.93. The molecule has 178 valence electrons. The van der Waals surface area contributed by atoms with E-state index in [0.717, 1.165) is 11.3 Å². The summed E-state index contributed by atoms with van der Waals surface area (Å²) in [5.74, 6) is -0.809. The van der Waals surface area contributed by atoms with E-state index in [4.69, 9.17) is 0 Å². The van der Waals surface area contributed by atoms with Crippen molar-refractivity contribution in [3.8, 4) is 17.1 Å². The second kappa shape index (κ2) is 9.50. The molecule has 0 aliphatic heterocycles. The topological polar surface area (TPSA) is 137 Å². The van der Waals surface area contributed by atoms with E-state index in [1.807, 2.05) is 60.7 Å². The van der Waals surface area contributed by atoms with Crippen LogP contribution in [0, 0.1) is 10.1 Å². The third-order valence-corrected chi connectivity index (χ3v) is 5.44. The largest absolute Gasteiger partial charge is 0.338 e. The monoisotopic (exact) mass is 481 g/mol. The molecule has 2 aromatic heterocycles. The van der Waals surface area contributed by atoms with Gasteiger partial charge in [0, 0.05) is 34.8 Å². The van der Waals surface area contributed by atoms with E-state index < -0.39 is 16.7 Å². The number of carbonyl (C=O) groups excluding carboxylic acids is 2. The summed E-state index contributed by atoms with van der Waals surface area (Å²) in [6, 6.07) is 24.7. The Kier molecular flexibility index (Phi) is 5.93. The van der Waals surface area contributed by atoms with E-state index in [-0.39, 0.29) is 18.1 Å². The molecular weight excluding hydrogens is 462 g/mol. The smallest absolute Gasteiger partial charge is 0.309 e. The van der Waals surface area contributed by atoms with Gasteiger partial charge in [0.1, 0.15) is 6.54 Å². The van der Waals surface area contributed by atoms with Crippen molar-refractivity contribution in [2.24, 2.45) is 0 Å². The normalized spacial score (nSPS) is 10.8. The van der Waals surface area contributed by atoms with Crippen molar-refractivity contribution in [3.05, 3.63) is 107 Å². The van der Waals surface area contributed by atoms with Gasteiger partial charge in [-0.05, 0) is 24.3 Å². The minimum atomic E-state index is -0.678. The minimum absolute atomic E-state index is 0.0331. The van der Waals surface area contributed by atoms with Crippen LogP contribution in [0.1, 0.15) is 10.6 Å². The van der Waals surface area contributed by atoms with Crippen LogP contribution in [0.3, 0.4) is 0 Å². The molecule has 0 fully saturated rings. The number of fused-ring (bicyclic) bond motifs is 1. The van der Waals surface area contributed by atoms with Crippen molar-refractivity contribution in [2.75, 3.05) is 0 Å². The maximum absolute atomic E-state index is 12.8. The first-order chi connectivity index (χ1) is 17.5. The summed E-state index contributed by atoms with van der Waals surface area (Å²) in [5.41, 5.74) is 6.83. The van der Waals surface area contributed by atoms with Crippen LogP contribution in [0.5, 0.6) is 0 Å². The molecule has 2 amide bonds. The van der Waals surface area contributed by atoms with Gasteiger partial charge in [-0.25, -0.2) is 9.67 Å². The second-order valence-corrected chi connectivity index (χ2v) is 7.82. The predicted molar refractivity (Wildman–Crippen MR) is 131 cm³/mol. The van der Waals surface area contributed by atoms with Crippen molar-refractivity contribution in [2.45, 2.75) is 6.54 Å². The molecule has 5 rings (SSSR count). The number of non-ortho nitro benzene ring substituents is 1. The predicted octanol–water partition coefficient (Wildman–Crippen LogP) is 3.26. The standard InChI is InChI=1S/C25H19N7O4/c33-22(16-30-14-13-18-15-20(32(35)36)11-12-21(18)30)27-28-25(34)23-26-24(17-7-3-1-4-8-17)31(29-23)19-9-5-2-6-10-19/h1-15H,16H2,(H,27,33)(H,28,34). The van der Waals surface area contributed by atoms with Crippen LogP contribution >= 0.6 is 0 Å². The van der Waals surface area contributed by atoms with Gasteiger partial charge >= 0.3 is 5.91 Å². The van der Waals surface area contributed by atoms with E-state index >= 15 is 0 Å². The van der Waals surface area contributed by atoms with Gasteiger partial charge in [-0.2, -0.15) is 0 Å². The Bertz CT molecular complexity index is 1520. The molecule has 0 saturated carbocycles. The third-order valence-electron chi connectivity index (χ3n) is 5.44. The molecule has 0 spiro atoms. The number of nitrogens with zero attached hydrogens (tertiary/aromatic N) is 5. The van der Waals surface area contributed by atoms with Crippen molar-refractivity contribution in [3.63, 3.8) is 0 Å². The summed E-state index contributed by atoms with van der Waals surface area (Å²) in [4.78, 5) is 40.1. The zero-order valence-electron chi connectivity index (χ0n) is 18.7. The first-order valence-corrected chi connectivity index (χ1v) is 10.9. The number of para-hydroxylation sites is 1. The lowest BCUT2D eigenvalue weighted by Crippen LogP contribution is -2.43. The molecule has 0 atom stereocenters. The Morgan fingerprint density at radius 3 is 2.36 bits per heavy atom. The molecule has 0 unspecified atom stereocenters. The van der Waals surface area contributed by atoms with Crippen molar-refractivity contribution in [1.29, 1.82) is 0 Å². The molecule has 0 aliphatic carbocycles. The van der Waals surface area contributed by atoms with E-state index in [9.17, 15) is 19.7 Å². The van der Waals surface area contributed by atoms with Crippen molar-refractivity contribution >= 4 is 28.4 Å². The molecule has 0 radical (unpaired) electrons. The highest BCUT2D eigenvalue weighted by Gasteiger charge is 2.19. The summed E-state index contributed by atoms with van der Waals surface area (Å²) in [6.45, 7) is -0.108. The number of aromatic nitrogens is 4. The van der Waals surface area contributed by atoms with Crippen LogP contribution in [0.2, 0.25) is 0 Å². The maximum Gasteiger partial charge on any atom is 0.309 e. The fourth-order valence-corrected chi connectivity index (χ4v) is 3.75. The summed E-state index contributed by atoms with van der Waals surface area (Å²) in [5, 5.41) is 15.9. The first-order valence-electron chi connectivity index (χ1n) is 10.9. The quantitative estimate of drug-likeness (QED) is 0.282. The fourth-order valence-electron chi connectivity index (χ4n) is 3.75. The molecule has 11 nitrogen and oxygen atoms in total. The Labute approximate surface area is 204 Å². The van der Waals surface area contributed by atoms with Gasteiger partial charge in [-0.3, -0.25) is 30.6 Å². The number of nitro benzene ring substituents is 1. The second-order valence-electron chi connectivity index (χ2n) is 7.82. The number of rotatable bonds is 6. The molecule has 0 bridgehead atoms. The molecule has 2 heterocycles. The third kappa shape index (κ3) is 4.53. The lowest BCUT2D eigenvalue weighted by Gasteiger charge is -2.07. The zero-order valence-corrected chi connectivity index (χ0v) is 18.7. The van der Waals surface area contributed by atoms with Crippen molar-refractivity contribution < 1.29 is 14.5 Å². The van der Waals surface area contributed by atoms with Gasteiger partial charge in [-0.15, -0.1) is 5.10 Å². The maximum atomic E-state index is 12.8. The van der Waals surface area contributed by atoms with Crippen LogP contribution in [0.4, 0.5) is 5.69 Å². The molecule has 3 aromatic carbocycles. The SMILES string of the molecule is O=C(Cn1ccc2cc([N+](=O)[O-])ccc21)NNC(=O)c1nc(-c2ccccc2)n(-c2ccccc2)n1. The summed E-state index contributed by atoms with van der Waals surface area (Å²) < 4.78 is 3.19. The fraction of sp³-hybridized carbons (Fsp3) is 0.0400. The van der Waals surface area contributed by atoms with Crippen LogP contribution in [0.25, 0.3) is 28.0 Å². The number of hydrogen-bond acceptors (Lipinski definition) is 6. The van der Waals surface area contributed by atoms with E-state index in [2.05, 4.69) is 20.9 Å². The van der Waals surface area contributed by atoms with Gasteiger partial charge in [0.15, 0.2) is 5.82 Å². The van der Waals surface area contributed by atoms with E-state index in [1.165, 1.54) is 12.1 Å². The molecule has 0 aliphatic rings. The van der Waals surface area contributed by atoms with Gasteiger partial charge in [-0.1, -0.05) is 48.5 Å². The number of carbonyl (C=O) groups is 2. The Hall–Kier alpha value is -5.32. The average Bonchev–Trinajstić information content (AvgIpc) is 3.53. The zero-order chi connectivity index (χ0) is 25.1. The van der Waals surface area contributed by atoms with Gasteiger partial charge in [0.25, 0.3) is 11.6 Å². The number of hydrazine groups is 1. The average molecular weight is 481 g/mol. The van der Waals surface area contributed by atoms with Crippen LogP contribution in [-0.4, -0.2) is 36.1 Å². The number of benzene rings is 3. The Morgan fingerprint density at radius 1 is 0.917 bits per heavy atom. The number of hydrogen-bond donors (Lipinski definition) is 2. The minimum Gasteiger partial charge on any atom is -0.338 e. The molecule has 2 N–H and O–H groups in total. The van der Waals surface area contributed by atoms with Gasteiger partial charge in [0.05, 0.1) is 10.6 Å². The van der Waals surface area contributed by atoms with Crippen LogP contribution in [-0.2, 0) is 11.3 Å². The Morgan fingerprint density at radius 2 is 1.64 bits per heavy atom. The molecule has 11 heteroatoms. The summed E-state index contributed by atoms with van der Waals surface area (Å²) in [6.07, 6.45) is 1.64. The number of nitrogens with one attached hydrogen (secondary N) is 2. The Balaban J connectivity index is 1.31. The highest BCUT2D eigenvalue weighted by Crippen LogP contribution is 2.22. The van der Waals surface area contributed by atoms with Crippen molar-refractivity contribution in [1.82, 2.24) is 30.2 Å². The highest BCUT2D eigenvalue weighted by atomic mass is 16.6. The summed E-state index contributed by atoms with van der Waals surface area (Å²) >= 11 is 0. The van der Waals surface area contributed by atoms with Crippen LogP contribution < -0.4 is 10.9 Å². The van der Waals surface area contributed by atoms with E-state index in [0.29, 0.717) is 16.7 Å². The molecule has 0 saturated heterocycles. The lowest BCUT2D eigenvalue weighted by atomic mass is 10.2. The molecule has 36 heavy (non-hydrogen) atoms. The van der Waals surface area contributed by atoms with Crippen LogP contribution in [0.15, 0.2) is 91.1 Å². The summed E-state index contributed by atoms with van der Waals surface area (Å²) in [7, 11) is 0. The first kappa shape index (κ1) is 22.5. The molecule has 5 aromatic rings. The molecular formula is C25H19N7O4. The van der Waals surface area contributed by atoms with Gasteiger partial charge in [0.2, 0.25) is 5.82 Å². The van der Waals surface area contributed by atoms with E-state index in [1.54, 1.807) is 27.6 Å². The number of nitro groups is 1. The number of amides is 2.